The summed E-state index contributed by atoms with van der Waals surface area (Å²) in [6, 6.07) is 7.75. The number of hydrogen-bond donors (Lipinski definition) is 1. The number of carbonyl (C=O) groups is 2. The predicted molar refractivity (Wildman–Crippen MR) is 121 cm³/mol. The number of carbonyl (C=O) groups excluding carboxylic acids is 2. The number of amides is 2. The zero-order valence-electron chi connectivity index (χ0n) is 18.2. The largest absolute Gasteiger partial charge is 0.450 e. The molecule has 0 atom stereocenters. The third kappa shape index (κ3) is 5.88. The summed E-state index contributed by atoms with van der Waals surface area (Å²) in [6.07, 6.45) is 4.50. The van der Waals surface area contributed by atoms with Crippen LogP contribution < -0.4 is 5.32 Å². The molecule has 31 heavy (non-hydrogen) atoms. The summed E-state index contributed by atoms with van der Waals surface area (Å²) in [5.41, 5.74) is 3.76. The highest BCUT2D eigenvalue weighted by molar-refractivity contribution is 6.31. The van der Waals surface area contributed by atoms with Gasteiger partial charge in [0.2, 0.25) is 5.91 Å². The summed E-state index contributed by atoms with van der Waals surface area (Å²) in [4.78, 5) is 25.9. The number of aryl methyl sites for hydroxylation is 1. The number of halogens is 1. The summed E-state index contributed by atoms with van der Waals surface area (Å²) in [7, 11) is 0. The number of nitrogens with one attached hydrogen (secondary N) is 1. The molecule has 0 saturated carbocycles. The average molecular weight is 445 g/mol. The maximum Gasteiger partial charge on any atom is 0.409 e. The van der Waals surface area contributed by atoms with E-state index in [1.54, 1.807) is 17.9 Å². The molecule has 1 aromatic carbocycles. The molecule has 1 N–H and O–H groups in total. The van der Waals surface area contributed by atoms with Gasteiger partial charge in [0, 0.05) is 41.5 Å². The van der Waals surface area contributed by atoms with Crippen LogP contribution in [-0.4, -0.2) is 52.4 Å². The number of ether oxygens (including phenoxy) is 1. The van der Waals surface area contributed by atoms with E-state index >= 15 is 0 Å². The number of benzene rings is 1. The van der Waals surface area contributed by atoms with E-state index in [2.05, 4.69) is 10.4 Å². The van der Waals surface area contributed by atoms with Gasteiger partial charge in [0.05, 0.1) is 18.8 Å². The van der Waals surface area contributed by atoms with Gasteiger partial charge >= 0.3 is 6.09 Å². The van der Waals surface area contributed by atoms with E-state index in [4.69, 9.17) is 16.3 Å². The quantitative estimate of drug-likeness (QED) is 0.684. The van der Waals surface area contributed by atoms with Crippen LogP contribution in [0.3, 0.4) is 0 Å². The van der Waals surface area contributed by atoms with Crippen LogP contribution in [0.1, 0.15) is 42.3 Å². The van der Waals surface area contributed by atoms with Crippen LogP contribution in [0.4, 0.5) is 4.79 Å². The SMILES string of the molecule is CCOC(=O)N1CCC(NC(=O)/C=C/c2c(C)nn(Cc3ccccc3Cl)c2C)CC1. The van der Waals surface area contributed by atoms with Gasteiger partial charge < -0.3 is 15.0 Å². The zero-order chi connectivity index (χ0) is 22.4. The number of nitrogens with zero attached hydrogens (tertiary/aromatic N) is 3. The Morgan fingerprint density at radius 2 is 1.97 bits per heavy atom. The van der Waals surface area contributed by atoms with Crippen molar-refractivity contribution in [2.45, 2.75) is 46.2 Å². The molecule has 0 aliphatic carbocycles. The van der Waals surface area contributed by atoms with Crippen molar-refractivity contribution in [1.82, 2.24) is 20.0 Å². The molecule has 0 spiro atoms. The summed E-state index contributed by atoms with van der Waals surface area (Å²) in [6.45, 7) is 7.82. The second-order valence-electron chi connectivity index (χ2n) is 7.64. The second kappa shape index (κ2) is 10.5. The van der Waals surface area contributed by atoms with E-state index in [0.717, 1.165) is 22.5 Å². The molecule has 1 saturated heterocycles. The van der Waals surface area contributed by atoms with Crippen molar-refractivity contribution in [2.75, 3.05) is 19.7 Å². The topological polar surface area (TPSA) is 76.5 Å². The summed E-state index contributed by atoms with van der Waals surface area (Å²) in [5, 5.41) is 8.34. The Morgan fingerprint density at radius 1 is 1.26 bits per heavy atom. The van der Waals surface area contributed by atoms with Crippen molar-refractivity contribution in [3.8, 4) is 0 Å². The fourth-order valence-electron chi connectivity index (χ4n) is 3.72. The van der Waals surface area contributed by atoms with Crippen LogP contribution in [0, 0.1) is 13.8 Å². The van der Waals surface area contributed by atoms with Crippen molar-refractivity contribution >= 4 is 29.7 Å². The van der Waals surface area contributed by atoms with Gasteiger partial charge in [-0.2, -0.15) is 5.10 Å². The van der Waals surface area contributed by atoms with Crippen LogP contribution in [0.5, 0.6) is 0 Å². The lowest BCUT2D eigenvalue weighted by Crippen LogP contribution is -2.46. The molecule has 8 heteroatoms. The minimum atomic E-state index is -0.285. The molecular weight excluding hydrogens is 416 g/mol. The molecule has 1 aromatic heterocycles. The minimum Gasteiger partial charge on any atom is -0.450 e. The van der Waals surface area contributed by atoms with E-state index in [9.17, 15) is 9.59 Å². The van der Waals surface area contributed by atoms with Crippen LogP contribution in [0.15, 0.2) is 30.3 Å². The zero-order valence-corrected chi connectivity index (χ0v) is 19.0. The van der Waals surface area contributed by atoms with Gasteiger partial charge in [-0.05, 0) is 51.3 Å². The molecule has 2 heterocycles. The maximum atomic E-state index is 12.4. The predicted octanol–water partition coefficient (Wildman–Crippen LogP) is 3.95. The van der Waals surface area contributed by atoms with Gasteiger partial charge in [0.25, 0.3) is 0 Å². The van der Waals surface area contributed by atoms with E-state index < -0.39 is 0 Å². The maximum absolute atomic E-state index is 12.4. The summed E-state index contributed by atoms with van der Waals surface area (Å²) in [5.74, 6) is -0.146. The van der Waals surface area contributed by atoms with Gasteiger partial charge in [0.15, 0.2) is 0 Å². The summed E-state index contributed by atoms with van der Waals surface area (Å²) >= 11 is 6.27. The van der Waals surface area contributed by atoms with Crippen molar-refractivity contribution in [3.63, 3.8) is 0 Å². The Bertz CT molecular complexity index is 962. The van der Waals surface area contributed by atoms with Crippen molar-refractivity contribution in [2.24, 2.45) is 0 Å². The highest BCUT2D eigenvalue weighted by Gasteiger charge is 2.24. The van der Waals surface area contributed by atoms with E-state index in [0.29, 0.717) is 44.1 Å². The van der Waals surface area contributed by atoms with Crippen molar-refractivity contribution in [1.29, 1.82) is 0 Å². The molecule has 3 rings (SSSR count). The normalized spacial score (nSPS) is 14.8. The summed E-state index contributed by atoms with van der Waals surface area (Å²) < 4.78 is 6.93. The highest BCUT2D eigenvalue weighted by atomic mass is 35.5. The Hall–Kier alpha value is -2.80. The van der Waals surface area contributed by atoms with Crippen LogP contribution >= 0.6 is 11.6 Å². The lowest BCUT2D eigenvalue weighted by Gasteiger charge is -2.31. The first-order chi connectivity index (χ1) is 14.9. The smallest absolute Gasteiger partial charge is 0.409 e. The Labute approximate surface area is 188 Å². The molecule has 2 amide bonds. The lowest BCUT2D eigenvalue weighted by molar-refractivity contribution is -0.117. The molecule has 1 fully saturated rings. The first-order valence-electron chi connectivity index (χ1n) is 10.6. The third-order valence-corrected chi connectivity index (χ3v) is 5.85. The minimum absolute atomic E-state index is 0.0490. The van der Waals surface area contributed by atoms with Gasteiger partial charge in [-0.3, -0.25) is 9.48 Å². The Kier molecular flexibility index (Phi) is 7.74. The molecule has 0 unspecified atom stereocenters. The van der Waals surface area contributed by atoms with Gasteiger partial charge in [-0.1, -0.05) is 29.8 Å². The first kappa shape index (κ1) is 22.9. The van der Waals surface area contributed by atoms with Crippen LogP contribution in [-0.2, 0) is 16.1 Å². The molecular formula is C23H29ClN4O3. The number of piperidine rings is 1. The highest BCUT2D eigenvalue weighted by Crippen LogP contribution is 2.20. The van der Waals surface area contributed by atoms with Gasteiger partial charge in [-0.25, -0.2) is 4.79 Å². The molecule has 7 nitrogen and oxygen atoms in total. The van der Waals surface area contributed by atoms with E-state index in [1.807, 2.05) is 48.9 Å². The number of aromatic nitrogens is 2. The Morgan fingerprint density at radius 3 is 2.65 bits per heavy atom. The van der Waals surface area contributed by atoms with Crippen molar-refractivity contribution in [3.05, 3.63) is 57.9 Å². The Balaban J connectivity index is 1.57. The van der Waals surface area contributed by atoms with E-state index in [1.165, 1.54) is 0 Å². The van der Waals surface area contributed by atoms with Crippen molar-refractivity contribution < 1.29 is 14.3 Å². The van der Waals surface area contributed by atoms with Crippen LogP contribution in [0.25, 0.3) is 6.08 Å². The number of rotatable bonds is 6. The molecule has 0 bridgehead atoms. The monoisotopic (exact) mass is 444 g/mol. The molecule has 166 valence electrons. The molecule has 1 aliphatic heterocycles. The van der Waals surface area contributed by atoms with Gasteiger partial charge in [-0.15, -0.1) is 0 Å². The number of hydrogen-bond acceptors (Lipinski definition) is 4. The molecule has 1 aliphatic rings. The fourth-order valence-corrected chi connectivity index (χ4v) is 3.92. The first-order valence-corrected chi connectivity index (χ1v) is 10.9. The molecule has 2 aromatic rings. The number of likely N-dealkylation sites (tertiary alicyclic amines) is 1. The fraction of sp³-hybridized carbons (Fsp3) is 0.435. The average Bonchev–Trinajstić information content (AvgIpc) is 3.01. The second-order valence-corrected chi connectivity index (χ2v) is 8.04. The standard InChI is InChI=1S/C23H29ClN4O3/c1-4-31-23(30)27-13-11-19(12-14-27)25-22(29)10-9-20-16(2)26-28(17(20)3)15-18-7-5-6-8-21(18)24/h5-10,19H,4,11-15H2,1-3H3,(H,25,29)/b10-9+. The van der Waals surface area contributed by atoms with Crippen LogP contribution in [0.2, 0.25) is 5.02 Å². The van der Waals surface area contributed by atoms with Gasteiger partial charge in [0.1, 0.15) is 0 Å². The van der Waals surface area contributed by atoms with E-state index in [-0.39, 0.29) is 18.0 Å². The third-order valence-electron chi connectivity index (χ3n) is 5.48. The molecule has 0 radical (unpaired) electrons. The lowest BCUT2D eigenvalue weighted by atomic mass is 10.1.